The Hall–Kier alpha value is -1.77. The van der Waals surface area contributed by atoms with Gasteiger partial charge in [0.15, 0.2) is 0 Å². The van der Waals surface area contributed by atoms with Crippen molar-refractivity contribution in [3.8, 4) is 0 Å². The number of thioether (sulfide) groups is 1. The van der Waals surface area contributed by atoms with Crippen molar-refractivity contribution in [2.45, 2.75) is 95.3 Å². The van der Waals surface area contributed by atoms with Gasteiger partial charge in [0.25, 0.3) is 0 Å². The van der Waals surface area contributed by atoms with E-state index in [0.29, 0.717) is 6.42 Å². The number of hydrogen-bond donors (Lipinski definition) is 3. The first kappa shape index (κ1) is 28.8. The standard InChI is InChI=1S/C27H40N4O3S.ClH/c1-5-27(6-2)16-22-31(26(34)21(14-15-35-22)30-24(32)17(3)28-4)23(27)25(33)29-20-13-9-11-18-10-7-8-12-19(18)20;/h7-8,10,12,17,20-23,28H,5-6,9,11,13-16H2,1-4H3,(H,29,33)(H,30,32);1H/t17?,20-,21+,22+,23?;/m1./s1. The number of carbonyl (C=O) groups is 3. The maximum Gasteiger partial charge on any atom is 0.246 e. The van der Waals surface area contributed by atoms with Gasteiger partial charge in [0, 0.05) is 5.41 Å². The van der Waals surface area contributed by atoms with E-state index in [1.807, 2.05) is 11.0 Å². The molecule has 4 rings (SSSR count). The Morgan fingerprint density at radius 3 is 2.56 bits per heavy atom. The molecule has 2 aliphatic heterocycles. The molecule has 2 unspecified atom stereocenters. The van der Waals surface area contributed by atoms with E-state index in [2.05, 4.69) is 48.0 Å². The Kier molecular flexibility index (Phi) is 9.74. The summed E-state index contributed by atoms with van der Waals surface area (Å²) in [6.07, 6.45) is 6.04. The van der Waals surface area contributed by atoms with E-state index in [4.69, 9.17) is 0 Å². The molecule has 3 aliphatic rings. The normalized spacial score (nSPS) is 27.7. The molecule has 9 heteroatoms. The minimum absolute atomic E-state index is 0. The second-order valence-electron chi connectivity index (χ2n) is 10.3. The number of halogens is 1. The van der Waals surface area contributed by atoms with Crippen LogP contribution < -0.4 is 16.0 Å². The highest BCUT2D eigenvalue weighted by molar-refractivity contribution is 7.99. The maximum absolute atomic E-state index is 14.0. The summed E-state index contributed by atoms with van der Waals surface area (Å²) in [6, 6.07) is 6.80. The van der Waals surface area contributed by atoms with Crippen LogP contribution in [0.4, 0.5) is 0 Å². The highest BCUT2D eigenvalue weighted by atomic mass is 35.5. The molecule has 3 amide bonds. The van der Waals surface area contributed by atoms with E-state index in [1.165, 1.54) is 11.1 Å². The Labute approximate surface area is 225 Å². The number of aryl methyl sites for hydroxylation is 1. The van der Waals surface area contributed by atoms with Crippen molar-refractivity contribution in [2.75, 3.05) is 12.8 Å². The maximum atomic E-state index is 14.0. The summed E-state index contributed by atoms with van der Waals surface area (Å²) in [6.45, 7) is 6.05. The average Bonchev–Trinajstić information content (AvgIpc) is 3.14. The summed E-state index contributed by atoms with van der Waals surface area (Å²) >= 11 is 1.75. The smallest absolute Gasteiger partial charge is 0.246 e. The molecule has 7 nitrogen and oxygen atoms in total. The SMILES string of the molecule is CCC1(CC)C[C@@H]2SCC[C@H](NC(=O)C(C)NC)C(=O)N2C1C(=O)N[C@@H]1CCCc2ccccc21.Cl. The van der Waals surface area contributed by atoms with Crippen molar-refractivity contribution in [3.63, 3.8) is 0 Å². The lowest BCUT2D eigenvalue weighted by molar-refractivity contribution is -0.144. The molecular formula is C27H41ClN4O3S. The third kappa shape index (κ3) is 5.41. The van der Waals surface area contributed by atoms with Crippen molar-refractivity contribution < 1.29 is 14.4 Å². The van der Waals surface area contributed by atoms with Crippen LogP contribution in [0.25, 0.3) is 0 Å². The summed E-state index contributed by atoms with van der Waals surface area (Å²) in [5.74, 6) is 0.414. The third-order valence-corrected chi connectivity index (χ3v) is 9.75. The minimum atomic E-state index is -0.606. The number of hydrogen-bond acceptors (Lipinski definition) is 5. The lowest BCUT2D eigenvalue weighted by Gasteiger charge is -2.38. The van der Waals surface area contributed by atoms with Crippen LogP contribution in [-0.4, -0.2) is 58.9 Å². The highest BCUT2D eigenvalue weighted by Crippen LogP contribution is 2.50. The molecule has 0 saturated carbocycles. The van der Waals surface area contributed by atoms with Crippen LogP contribution in [-0.2, 0) is 20.8 Å². The van der Waals surface area contributed by atoms with Crippen molar-refractivity contribution in [3.05, 3.63) is 35.4 Å². The molecule has 2 saturated heterocycles. The van der Waals surface area contributed by atoms with Gasteiger partial charge in [0.1, 0.15) is 12.1 Å². The largest absolute Gasteiger partial charge is 0.347 e. The first-order chi connectivity index (χ1) is 16.8. The average molecular weight is 537 g/mol. The first-order valence-electron chi connectivity index (χ1n) is 13.1. The zero-order valence-electron chi connectivity index (χ0n) is 21.8. The predicted molar refractivity (Wildman–Crippen MR) is 147 cm³/mol. The molecule has 200 valence electrons. The van der Waals surface area contributed by atoms with Gasteiger partial charge in [-0.2, -0.15) is 0 Å². The number of benzene rings is 1. The number of nitrogens with zero attached hydrogens (tertiary/aromatic N) is 1. The number of rotatable bonds is 7. The number of fused-ring (bicyclic) bond motifs is 2. The number of carbonyl (C=O) groups excluding carboxylic acids is 3. The van der Waals surface area contributed by atoms with Crippen molar-refractivity contribution in [1.82, 2.24) is 20.9 Å². The molecule has 1 aromatic carbocycles. The van der Waals surface area contributed by atoms with Crippen molar-refractivity contribution >= 4 is 41.9 Å². The summed E-state index contributed by atoms with van der Waals surface area (Å²) in [4.78, 5) is 42.4. The van der Waals surface area contributed by atoms with Gasteiger partial charge < -0.3 is 20.9 Å². The van der Waals surface area contributed by atoms with Gasteiger partial charge in [0.05, 0.1) is 17.5 Å². The Balaban J connectivity index is 0.00000361. The van der Waals surface area contributed by atoms with E-state index >= 15 is 0 Å². The van der Waals surface area contributed by atoms with Gasteiger partial charge in [-0.3, -0.25) is 14.4 Å². The summed E-state index contributed by atoms with van der Waals surface area (Å²) in [7, 11) is 1.73. The molecule has 1 aliphatic carbocycles. The van der Waals surface area contributed by atoms with Gasteiger partial charge in [-0.25, -0.2) is 0 Å². The second-order valence-corrected chi connectivity index (χ2v) is 11.5. The van der Waals surface area contributed by atoms with Crippen LogP contribution in [0.5, 0.6) is 0 Å². The number of nitrogens with one attached hydrogen (secondary N) is 3. The molecule has 3 N–H and O–H groups in total. The molecular weight excluding hydrogens is 496 g/mol. The first-order valence-corrected chi connectivity index (χ1v) is 14.2. The molecule has 0 bridgehead atoms. The quantitative estimate of drug-likeness (QED) is 0.495. The van der Waals surface area contributed by atoms with E-state index < -0.39 is 12.1 Å². The fraction of sp³-hybridized carbons (Fsp3) is 0.667. The van der Waals surface area contributed by atoms with Crippen LogP contribution >= 0.6 is 24.2 Å². The molecule has 1 aromatic rings. The minimum Gasteiger partial charge on any atom is -0.347 e. The van der Waals surface area contributed by atoms with Gasteiger partial charge in [-0.1, -0.05) is 38.1 Å². The van der Waals surface area contributed by atoms with E-state index in [0.717, 1.165) is 44.3 Å². The van der Waals surface area contributed by atoms with Crippen molar-refractivity contribution in [1.29, 1.82) is 0 Å². The monoisotopic (exact) mass is 536 g/mol. The van der Waals surface area contributed by atoms with Gasteiger partial charge in [-0.05, 0) is 75.8 Å². The van der Waals surface area contributed by atoms with E-state index in [1.54, 1.807) is 25.7 Å². The Bertz CT molecular complexity index is 957. The molecule has 2 fully saturated rings. The van der Waals surface area contributed by atoms with Gasteiger partial charge >= 0.3 is 0 Å². The zero-order chi connectivity index (χ0) is 25.2. The van der Waals surface area contributed by atoms with E-state index in [9.17, 15) is 14.4 Å². The van der Waals surface area contributed by atoms with E-state index in [-0.39, 0.29) is 53.0 Å². The van der Waals surface area contributed by atoms with Crippen molar-refractivity contribution in [2.24, 2.45) is 5.41 Å². The Morgan fingerprint density at radius 2 is 1.86 bits per heavy atom. The van der Waals surface area contributed by atoms with Gasteiger partial charge in [-0.15, -0.1) is 24.2 Å². The predicted octanol–water partition coefficient (Wildman–Crippen LogP) is 3.57. The van der Waals surface area contributed by atoms with Gasteiger partial charge in [0.2, 0.25) is 17.7 Å². The summed E-state index contributed by atoms with van der Waals surface area (Å²) < 4.78 is 0. The lowest BCUT2D eigenvalue weighted by atomic mass is 9.74. The fourth-order valence-electron chi connectivity index (χ4n) is 6.10. The van der Waals surface area contributed by atoms with Crippen LogP contribution in [0, 0.1) is 5.41 Å². The molecule has 0 radical (unpaired) electrons. The second kappa shape index (κ2) is 12.2. The number of likely N-dealkylation sites (N-methyl/N-ethyl adjacent to an activating group) is 1. The zero-order valence-corrected chi connectivity index (χ0v) is 23.5. The summed E-state index contributed by atoms with van der Waals surface area (Å²) in [5, 5.41) is 9.20. The van der Waals surface area contributed by atoms with Crippen LogP contribution in [0.15, 0.2) is 24.3 Å². The molecule has 2 heterocycles. The number of amides is 3. The molecule has 5 atom stereocenters. The van der Waals surface area contributed by atoms with Crippen LogP contribution in [0.1, 0.15) is 76.5 Å². The molecule has 0 aromatic heterocycles. The third-order valence-electron chi connectivity index (χ3n) is 8.50. The molecule has 0 spiro atoms. The lowest BCUT2D eigenvalue weighted by Crippen LogP contribution is -2.58. The fourth-order valence-corrected chi connectivity index (χ4v) is 7.58. The van der Waals surface area contributed by atoms with Crippen LogP contribution in [0.2, 0.25) is 0 Å². The topological polar surface area (TPSA) is 90.5 Å². The summed E-state index contributed by atoms with van der Waals surface area (Å²) in [5.41, 5.74) is 2.23. The Morgan fingerprint density at radius 1 is 1.14 bits per heavy atom. The molecule has 36 heavy (non-hydrogen) atoms. The van der Waals surface area contributed by atoms with Crippen LogP contribution in [0.3, 0.4) is 0 Å². The highest BCUT2D eigenvalue weighted by Gasteiger charge is 2.57.